The molecule has 0 N–H and O–H groups in total. The van der Waals surface area contributed by atoms with E-state index in [0.717, 1.165) is 6.42 Å². The molecule has 0 aromatic carbocycles. The van der Waals surface area contributed by atoms with Crippen LogP contribution in [0.2, 0.25) is 0 Å². The summed E-state index contributed by atoms with van der Waals surface area (Å²) in [6, 6.07) is 0. The maximum atomic E-state index is 4.10. The molecule has 0 saturated heterocycles. The van der Waals surface area contributed by atoms with Crippen LogP contribution in [0.4, 0.5) is 0 Å². The van der Waals surface area contributed by atoms with Crippen molar-refractivity contribution in [1.82, 2.24) is 0 Å². The van der Waals surface area contributed by atoms with Gasteiger partial charge in [-0.25, -0.2) is 4.40 Å². The van der Waals surface area contributed by atoms with Crippen LogP contribution >= 0.6 is 11.9 Å². The molecule has 0 aromatic rings. The Labute approximate surface area is 81.2 Å². The molecule has 0 radical (unpaired) electrons. The van der Waals surface area contributed by atoms with Gasteiger partial charge in [-0.2, -0.15) is 0 Å². The van der Waals surface area contributed by atoms with Gasteiger partial charge in [-0.15, -0.1) is 0 Å². The minimum absolute atomic E-state index is 1.16. The number of hydrogen-bond acceptors (Lipinski definition) is 2. The van der Waals surface area contributed by atoms with Gasteiger partial charge in [0.2, 0.25) is 0 Å². The van der Waals surface area contributed by atoms with Crippen LogP contribution in [0.25, 0.3) is 0 Å². The highest BCUT2D eigenvalue weighted by atomic mass is 32.2. The summed E-state index contributed by atoms with van der Waals surface area (Å²) in [4.78, 5) is 0. The topological polar surface area (TPSA) is 12.4 Å². The summed E-state index contributed by atoms with van der Waals surface area (Å²) in [5.74, 6) is 0. The van der Waals surface area contributed by atoms with Crippen molar-refractivity contribution in [2.45, 2.75) is 51.9 Å². The SMILES string of the molecule is CCCCCCCCC=NSC. The van der Waals surface area contributed by atoms with Gasteiger partial charge in [0.15, 0.2) is 0 Å². The van der Waals surface area contributed by atoms with Gasteiger partial charge in [0, 0.05) is 12.5 Å². The molecule has 12 heavy (non-hydrogen) atoms. The lowest BCUT2D eigenvalue weighted by Gasteiger charge is -1.96. The first-order chi connectivity index (χ1) is 5.91. The lowest BCUT2D eigenvalue weighted by Crippen LogP contribution is -1.79. The molecule has 0 aliphatic rings. The smallest absolute Gasteiger partial charge is 0.0126 e. The van der Waals surface area contributed by atoms with Crippen molar-refractivity contribution < 1.29 is 0 Å². The summed E-state index contributed by atoms with van der Waals surface area (Å²) in [7, 11) is 0. The molecule has 2 heteroatoms. The fraction of sp³-hybridized carbons (Fsp3) is 0.900. The highest BCUT2D eigenvalue weighted by Gasteiger charge is 1.87. The number of rotatable bonds is 8. The molecule has 72 valence electrons. The number of hydrogen-bond donors (Lipinski definition) is 0. The van der Waals surface area contributed by atoms with E-state index < -0.39 is 0 Å². The Hall–Kier alpha value is 0.0200. The molecule has 0 unspecified atom stereocenters. The Morgan fingerprint density at radius 1 is 1.08 bits per heavy atom. The zero-order chi connectivity index (χ0) is 9.07. The number of unbranched alkanes of at least 4 members (excludes halogenated alkanes) is 6. The summed E-state index contributed by atoms with van der Waals surface area (Å²) >= 11 is 1.54. The summed E-state index contributed by atoms with van der Waals surface area (Å²) in [6.45, 7) is 2.26. The van der Waals surface area contributed by atoms with Crippen LogP contribution in [0.5, 0.6) is 0 Å². The average molecular weight is 187 g/mol. The number of nitrogens with zero attached hydrogens (tertiary/aromatic N) is 1. The zero-order valence-electron chi connectivity index (χ0n) is 8.38. The second-order valence-electron chi connectivity index (χ2n) is 3.03. The normalized spacial score (nSPS) is 11.2. The lowest BCUT2D eigenvalue weighted by atomic mass is 10.1. The maximum absolute atomic E-state index is 4.10. The zero-order valence-corrected chi connectivity index (χ0v) is 9.20. The Bertz CT molecular complexity index is 102. The van der Waals surface area contributed by atoms with E-state index in [9.17, 15) is 0 Å². The van der Waals surface area contributed by atoms with Crippen molar-refractivity contribution in [1.29, 1.82) is 0 Å². The lowest BCUT2D eigenvalue weighted by molar-refractivity contribution is 0.617. The third-order valence-electron chi connectivity index (χ3n) is 1.87. The predicted molar refractivity (Wildman–Crippen MR) is 60.0 cm³/mol. The van der Waals surface area contributed by atoms with E-state index in [-0.39, 0.29) is 0 Å². The van der Waals surface area contributed by atoms with Crippen molar-refractivity contribution >= 4 is 18.2 Å². The summed E-state index contributed by atoms with van der Waals surface area (Å²) < 4.78 is 4.10. The van der Waals surface area contributed by atoms with Crippen molar-refractivity contribution in [3.8, 4) is 0 Å². The molecule has 0 atom stereocenters. The fourth-order valence-corrected chi connectivity index (χ4v) is 1.40. The minimum Gasteiger partial charge on any atom is -0.229 e. The summed E-state index contributed by atoms with van der Waals surface area (Å²) in [5, 5.41) is 0. The molecular weight excluding hydrogens is 166 g/mol. The molecule has 0 aliphatic carbocycles. The van der Waals surface area contributed by atoms with Gasteiger partial charge >= 0.3 is 0 Å². The van der Waals surface area contributed by atoms with E-state index in [1.54, 1.807) is 11.9 Å². The Morgan fingerprint density at radius 3 is 2.42 bits per heavy atom. The monoisotopic (exact) mass is 187 g/mol. The van der Waals surface area contributed by atoms with Gasteiger partial charge in [-0.05, 0) is 24.8 Å². The molecule has 0 aromatic heterocycles. The van der Waals surface area contributed by atoms with Crippen molar-refractivity contribution in [2.24, 2.45) is 4.40 Å². The third kappa shape index (κ3) is 10.0. The standard InChI is InChI=1S/C10H21NS/c1-3-4-5-6-7-8-9-10-11-12-2/h10H,3-9H2,1-2H3. The van der Waals surface area contributed by atoms with Gasteiger partial charge < -0.3 is 0 Å². The van der Waals surface area contributed by atoms with Crippen LogP contribution in [-0.2, 0) is 0 Å². The highest BCUT2D eigenvalue weighted by molar-refractivity contribution is 7.97. The second-order valence-corrected chi connectivity index (χ2v) is 3.60. The molecule has 0 amide bonds. The largest absolute Gasteiger partial charge is 0.229 e. The van der Waals surface area contributed by atoms with E-state index in [4.69, 9.17) is 0 Å². The van der Waals surface area contributed by atoms with Gasteiger partial charge in [0.1, 0.15) is 0 Å². The van der Waals surface area contributed by atoms with Crippen LogP contribution in [-0.4, -0.2) is 12.5 Å². The predicted octanol–water partition coefficient (Wildman–Crippen LogP) is 4.09. The first-order valence-corrected chi connectivity index (χ1v) is 6.15. The summed E-state index contributed by atoms with van der Waals surface area (Å²) in [5.41, 5.74) is 0. The van der Waals surface area contributed by atoms with E-state index in [2.05, 4.69) is 11.3 Å². The average Bonchev–Trinajstić information content (AvgIpc) is 2.10. The Kier molecular flexibility index (Phi) is 11.0. The molecular formula is C10H21NS. The molecule has 0 rings (SSSR count). The van der Waals surface area contributed by atoms with Gasteiger partial charge in [-0.3, -0.25) is 0 Å². The maximum Gasteiger partial charge on any atom is 0.0126 e. The molecule has 1 nitrogen and oxygen atoms in total. The van der Waals surface area contributed by atoms with Crippen molar-refractivity contribution in [3.63, 3.8) is 0 Å². The van der Waals surface area contributed by atoms with Crippen molar-refractivity contribution in [2.75, 3.05) is 6.26 Å². The molecule has 0 spiro atoms. The second kappa shape index (κ2) is 11.0. The van der Waals surface area contributed by atoms with Crippen LogP contribution < -0.4 is 0 Å². The Morgan fingerprint density at radius 2 is 1.75 bits per heavy atom. The van der Waals surface area contributed by atoms with Crippen LogP contribution in [0.15, 0.2) is 4.40 Å². The quantitative estimate of drug-likeness (QED) is 0.317. The summed E-state index contributed by atoms with van der Waals surface area (Å²) in [6.07, 6.45) is 13.4. The molecule has 0 aliphatic heterocycles. The van der Waals surface area contributed by atoms with E-state index in [1.807, 2.05) is 12.5 Å². The van der Waals surface area contributed by atoms with Gasteiger partial charge in [0.25, 0.3) is 0 Å². The van der Waals surface area contributed by atoms with E-state index >= 15 is 0 Å². The molecule has 0 saturated carbocycles. The van der Waals surface area contributed by atoms with Crippen molar-refractivity contribution in [3.05, 3.63) is 0 Å². The molecule has 0 bridgehead atoms. The van der Waals surface area contributed by atoms with Crippen LogP contribution in [0, 0.1) is 0 Å². The molecule has 0 fully saturated rings. The third-order valence-corrected chi connectivity index (χ3v) is 2.23. The Balaban J connectivity index is 2.86. The van der Waals surface area contributed by atoms with Gasteiger partial charge in [-0.1, -0.05) is 39.0 Å². The first kappa shape index (κ1) is 12.0. The minimum atomic E-state index is 1.16. The van der Waals surface area contributed by atoms with Crippen LogP contribution in [0.1, 0.15) is 51.9 Å². The van der Waals surface area contributed by atoms with Crippen LogP contribution in [0.3, 0.4) is 0 Å². The van der Waals surface area contributed by atoms with E-state index in [0.29, 0.717) is 0 Å². The van der Waals surface area contributed by atoms with Gasteiger partial charge in [0.05, 0.1) is 0 Å². The highest BCUT2D eigenvalue weighted by Crippen LogP contribution is 2.06. The molecule has 0 heterocycles. The first-order valence-electron chi connectivity index (χ1n) is 4.96. The fourth-order valence-electron chi connectivity index (χ4n) is 1.14. The van der Waals surface area contributed by atoms with E-state index in [1.165, 1.54) is 38.5 Å².